The third kappa shape index (κ3) is 2.19. The van der Waals surface area contributed by atoms with Crippen LogP contribution in [0.3, 0.4) is 0 Å². The summed E-state index contributed by atoms with van der Waals surface area (Å²) in [5, 5.41) is 0. The Morgan fingerprint density at radius 2 is 1.80 bits per heavy atom. The molecule has 1 aromatic heterocycles. The smallest absolute Gasteiger partial charge is 0.215 e. The maximum atomic E-state index is 5.95. The number of ether oxygens (including phenoxy) is 1. The molecular weight excluding hydrogens is 248 g/mol. The molecule has 1 saturated carbocycles. The van der Waals surface area contributed by atoms with E-state index in [1.54, 1.807) is 0 Å². The number of anilines is 1. The number of pyridine rings is 1. The first kappa shape index (κ1) is 12.2. The van der Waals surface area contributed by atoms with Gasteiger partial charge in [-0.05, 0) is 51.0 Å². The molecule has 4 rings (SSSR count). The molecule has 3 nitrogen and oxygen atoms in total. The maximum absolute atomic E-state index is 5.95. The van der Waals surface area contributed by atoms with Crippen molar-refractivity contribution in [1.82, 2.24) is 4.98 Å². The minimum absolute atomic E-state index is 0.403. The van der Waals surface area contributed by atoms with Crippen LogP contribution < -0.4 is 9.64 Å². The second-order valence-electron chi connectivity index (χ2n) is 6.26. The van der Waals surface area contributed by atoms with Crippen molar-refractivity contribution in [3.05, 3.63) is 30.5 Å². The lowest BCUT2D eigenvalue weighted by molar-refractivity contribution is 0.114. The summed E-state index contributed by atoms with van der Waals surface area (Å²) >= 11 is 0. The maximum Gasteiger partial charge on any atom is 0.215 e. The van der Waals surface area contributed by atoms with Crippen molar-refractivity contribution in [1.29, 1.82) is 0 Å². The van der Waals surface area contributed by atoms with Gasteiger partial charge < -0.3 is 9.64 Å². The molecule has 0 aromatic carbocycles. The summed E-state index contributed by atoms with van der Waals surface area (Å²) in [6.45, 7) is 0. The van der Waals surface area contributed by atoms with Gasteiger partial charge in [-0.2, -0.15) is 0 Å². The third-order valence-electron chi connectivity index (χ3n) is 4.96. The van der Waals surface area contributed by atoms with Gasteiger partial charge in [0.1, 0.15) is 6.10 Å². The summed E-state index contributed by atoms with van der Waals surface area (Å²) in [5.74, 6) is 0.809. The molecule has 3 heterocycles. The highest BCUT2D eigenvalue weighted by Crippen LogP contribution is 2.37. The van der Waals surface area contributed by atoms with Crippen LogP contribution in [0.4, 0.5) is 5.69 Å². The summed E-state index contributed by atoms with van der Waals surface area (Å²) in [5.41, 5.74) is 1.30. The Bertz CT molecular complexity index is 493. The molecule has 0 amide bonds. The van der Waals surface area contributed by atoms with E-state index in [4.69, 9.17) is 4.74 Å². The average Bonchev–Trinajstić information content (AvgIpc) is 2.68. The number of hydrogen-bond donors (Lipinski definition) is 0. The molecule has 3 aliphatic rings. The SMILES string of the molecule is C1=CCC2CCC(C1)N2c1ccnc(OC2CCC2)c1. The highest BCUT2D eigenvalue weighted by molar-refractivity contribution is 5.52. The van der Waals surface area contributed by atoms with Crippen molar-refractivity contribution in [3.8, 4) is 5.88 Å². The second kappa shape index (κ2) is 5.12. The van der Waals surface area contributed by atoms with E-state index in [0.29, 0.717) is 18.2 Å². The zero-order chi connectivity index (χ0) is 13.4. The van der Waals surface area contributed by atoms with Crippen LogP contribution in [0, 0.1) is 0 Å². The topological polar surface area (TPSA) is 25.4 Å². The van der Waals surface area contributed by atoms with Crippen LogP contribution >= 0.6 is 0 Å². The molecule has 2 atom stereocenters. The summed E-state index contributed by atoms with van der Waals surface area (Å²) in [6.07, 6.45) is 15.7. The minimum atomic E-state index is 0.403. The molecule has 0 N–H and O–H groups in total. The van der Waals surface area contributed by atoms with Gasteiger partial charge in [0.05, 0.1) is 0 Å². The van der Waals surface area contributed by atoms with E-state index in [2.05, 4.69) is 34.2 Å². The Balaban J connectivity index is 1.56. The van der Waals surface area contributed by atoms with Gasteiger partial charge in [-0.25, -0.2) is 4.98 Å². The van der Waals surface area contributed by atoms with Crippen molar-refractivity contribution >= 4 is 5.69 Å². The van der Waals surface area contributed by atoms with Crippen molar-refractivity contribution in [2.45, 2.75) is 63.1 Å². The van der Waals surface area contributed by atoms with Crippen molar-refractivity contribution < 1.29 is 4.74 Å². The summed E-state index contributed by atoms with van der Waals surface area (Å²) < 4.78 is 5.95. The minimum Gasteiger partial charge on any atom is -0.474 e. The summed E-state index contributed by atoms with van der Waals surface area (Å²) in [4.78, 5) is 6.99. The van der Waals surface area contributed by atoms with Crippen LogP contribution in [-0.2, 0) is 0 Å². The largest absolute Gasteiger partial charge is 0.474 e. The first-order chi connectivity index (χ1) is 9.90. The molecule has 1 aromatic rings. The van der Waals surface area contributed by atoms with Crippen LogP contribution in [0.1, 0.15) is 44.9 Å². The van der Waals surface area contributed by atoms with Crippen LogP contribution in [0.5, 0.6) is 5.88 Å². The quantitative estimate of drug-likeness (QED) is 0.783. The van der Waals surface area contributed by atoms with Crippen molar-refractivity contribution in [2.24, 2.45) is 0 Å². The van der Waals surface area contributed by atoms with Crippen LogP contribution in [0.25, 0.3) is 0 Å². The standard InChI is InChI=1S/C17H22N2O/c1-2-5-14-9-8-13(4-1)19(14)15-10-11-18-17(12-15)20-16-6-3-7-16/h1-2,10-14,16H,3-9H2. The predicted octanol–water partition coefficient (Wildman–Crippen LogP) is 3.70. The van der Waals surface area contributed by atoms with E-state index in [-0.39, 0.29) is 0 Å². The number of aromatic nitrogens is 1. The number of rotatable bonds is 3. The van der Waals surface area contributed by atoms with Crippen molar-refractivity contribution in [2.75, 3.05) is 4.90 Å². The zero-order valence-electron chi connectivity index (χ0n) is 11.9. The normalized spacial score (nSPS) is 29.1. The Labute approximate surface area is 120 Å². The fraction of sp³-hybridized carbons (Fsp3) is 0.588. The molecule has 3 heteroatoms. The molecule has 1 saturated heterocycles. The predicted molar refractivity (Wildman–Crippen MR) is 80.2 cm³/mol. The van der Waals surface area contributed by atoms with Gasteiger partial charge in [0.15, 0.2) is 0 Å². The Morgan fingerprint density at radius 1 is 1.05 bits per heavy atom. The van der Waals surface area contributed by atoms with Gasteiger partial charge in [0.25, 0.3) is 0 Å². The van der Waals surface area contributed by atoms with Gasteiger partial charge in [0.2, 0.25) is 5.88 Å². The molecule has 20 heavy (non-hydrogen) atoms. The molecule has 2 bridgehead atoms. The molecule has 106 valence electrons. The van der Waals surface area contributed by atoms with E-state index in [0.717, 1.165) is 5.88 Å². The first-order valence-corrected chi connectivity index (χ1v) is 7.96. The van der Waals surface area contributed by atoms with E-state index in [9.17, 15) is 0 Å². The van der Waals surface area contributed by atoms with E-state index >= 15 is 0 Å². The third-order valence-corrected chi connectivity index (χ3v) is 4.96. The number of hydrogen-bond acceptors (Lipinski definition) is 3. The lowest BCUT2D eigenvalue weighted by Gasteiger charge is -2.31. The van der Waals surface area contributed by atoms with Gasteiger partial charge >= 0.3 is 0 Å². The van der Waals surface area contributed by atoms with Crippen molar-refractivity contribution in [3.63, 3.8) is 0 Å². The highest BCUT2D eigenvalue weighted by Gasteiger charge is 2.33. The second-order valence-corrected chi connectivity index (χ2v) is 6.26. The molecule has 2 fully saturated rings. The van der Waals surface area contributed by atoms with E-state index < -0.39 is 0 Å². The average molecular weight is 270 g/mol. The van der Waals surface area contributed by atoms with E-state index in [1.165, 1.54) is 50.6 Å². The summed E-state index contributed by atoms with van der Waals surface area (Å²) in [6, 6.07) is 5.62. The molecule has 2 unspecified atom stereocenters. The Kier molecular flexibility index (Phi) is 3.13. The molecule has 0 spiro atoms. The lowest BCUT2D eigenvalue weighted by Crippen LogP contribution is -2.34. The van der Waals surface area contributed by atoms with Gasteiger partial charge in [-0.15, -0.1) is 0 Å². The molecule has 2 aliphatic heterocycles. The molecular formula is C17H22N2O. The Morgan fingerprint density at radius 3 is 2.45 bits per heavy atom. The van der Waals surface area contributed by atoms with Crippen LogP contribution in [-0.4, -0.2) is 23.2 Å². The Hall–Kier alpha value is -1.51. The first-order valence-electron chi connectivity index (χ1n) is 7.96. The molecule has 1 aliphatic carbocycles. The fourth-order valence-electron chi connectivity index (χ4n) is 3.64. The van der Waals surface area contributed by atoms with Crippen LogP contribution in [0.15, 0.2) is 30.5 Å². The summed E-state index contributed by atoms with van der Waals surface area (Å²) in [7, 11) is 0. The zero-order valence-corrected chi connectivity index (χ0v) is 11.9. The molecule has 0 radical (unpaired) electrons. The van der Waals surface area contributed by atoms with Gasteiger partial charge in [-0.1, -0.05) is 12.2 Å². The highest BCUT2D eigenvalue weighted by atomic mass is 16.5. The monoisotopic (exact) mass is 270 g/mol. The lowest BCUT2D eigenvalue weighted by atomic mass is 9.96. The fourth-order valence-corrected chi connectivity index (χ4v) is 3.64. The number of nitrogens with zero attached hydrogens (tertiary/aromatic N) is 2. The number of fused-ring (bicyclic) bond motifs is 2. The van der Waals surface area contributed by atoms with Crippen LogP contribution in [0.2, 0.25) is 0 Å². The van der Waals surface area contributed by atoms with Gasteiger partial charge in [0, 0.05) is 30.0 Å². The van der Waals surface area contributed by atoms with Gasteiger partial charge in [-0.3, -0.25) is 0 Å². The van der Waals surface area contributed by atoms with E-state index in [1.807, 2.05) is 6.20 Å².